The van der Waals surface area contributed by atoms with E-state index in [-0.39, 0.29) is 95.5 Å². The van der Waals surface area contributed by atoms with Crippen molar-refractivity contribution in [2.24, 2.45) is 10.9 Å². The number of carbonyl (C=O) groups excluding carboxylic acids is 1. The molecule has 3 radical (unpaired) electrons. The minimum absolute atomic E-state index is 0. The van der Waals surface area contributed by atoms with E-state index in [2.05, 4.69) is 312 Å². The quantitative estimate of drug-likeness (QED) is 0.0112. The Morgan fingerprint density at radius 3 is 1.74 bits per heavy atom. The molecule has 18 aromatic rings. The molecule has 0 aliphatic carbocycles. The molecule has 14 nitrogen and oxygen atoms in total. The number of hydrogen-bond acceptors (Lipinski definition) is 7. The Morgan fingerprint density at radius 2 is 1.14 bits per heavy atom. The van der Waals surface area contributed by atoms with Gasteiger partial charge in [0.25, 0.3) is 12.9 Å². The molecule has 2 unspecified atom stereocenters. The summed E-state index contributed by atoms with van der Waals surface area (Å²) >= 11 is 0. The van der Waals surface area contributed by atoms with E-state index in [1.54, 1.807) is 42.7 Å². The van der Waals surface area contributed by atoms with Crippen molar-refractivity contribution in [2.75, 3.05) is 6.16 Å². The van der Waals surface area contributed by atoms with Crippen molar-refractivity contribution < 1.29 is 96.0 Å². The normalized spacial score (nSPS) is 11.7. The molecule has 13 aromatic carbocycles. The third kappa shape index (κ3) is 32.5. The molecule has 0 saturated heterocycles. The summed E-state index contributed by atoms with van der Waals surface area (Å²) in [5.74, 6) is 4.63. The van der Waals surface area contributed by atoms with Gasteiger partial charge in [-0.2, -0.15) is 27.2 Å². The Morgan fingerprint density at radius 1 is 0.601 bits per heavy atom. The monoisotopic (exact) mass is 2190 g/mol. The molecule has 4 N–H and O–H groups in total. The van der Waals surface area contributed by atoms with Gasteiger partial charge in [-0.1, -0.05) is 262 Å². The summed E-state index contributed by atoms with van der Waals surface area (Å²) in [5, 5.41) is 39.2. The molecule has 138 heavy (non-hydrogen) atoms. The van der Waals surface area contributed by atoms with Crippen molar-refractivity contribution in [1.82, 2.24) is 19.7 Å². The number of ether oxygens (including phenoxy) is 1. The van der Waals surface area contributed by atoms with E-state index in [0.717, 1.165) is 89.9 Å². The molecule has 22 heteroatoms. The molecule has 0 bridgehead atoms. The number of aliphatic hydroxyl groups is 1. The fourth-order valence-electron chi connectivity index (χ4n) is 14.3. The molecule has 2 atom stereocenters. The Hall–Kier alpha value is -13.2. The molecule has 707 valence electrons. The fraction of sp³-hybridized carbons (Fsp3) is 0.0690. The molecule has 2 aliphatic heterocycles. The van der Waals surface area contributed by atoms with Crippen LogP contribution in [0.4, 0.5) is 22.7 Å². The number of carbonyl (C=O) groups is 1. The Kier molecular flexibility index (Phi) is 45.3. The van der Waals surface area contributed by atoms with Gasteiger partial charge in [0, 0.05) is 103 Å². The van der Waals surface area contributed by atoms with Gasteiger partial charge in [0.15, 0.2) is 28.8 Å². The van der Waals surface area contributed by atoms with Crippen LogP contribution in [0.2, 0.25) is 0 Å². The predicted molar refractivity (Wildman–Crippen MR) is 568 cm³/mol. The average molecular weight is 2190 g/mol. The Bertz CT molecular complexity index is 6840. The Labute approximate surface area is 863 Å². The van der Waals surface area contributed by atoms with Crippen molar-refractivity contribution in [3.05, 3.63) is 532 Å². The van der Waals surface area contributed by atoms with Gasteiger partial charge >= 0.3 is 17.1 Å². The third-order valence-electron chi connectivity index (χ3n) is 20.7. The van der Waals surface area contributed by atoms with Gasteiger partial charge in [-0.15, -0.1) is 84.0 Å². The van der Waals surface area contributed by atoms with Crippen molar-refractivity contribution in [3.8, 4) is 22.8 Å². The predicted octanol–water partition coefficient (Wildman–Crippen LogP) is 24.4. The molecule has 7 heterocycles. The summed E-state index contributed by atoms with van der Waals surface area (Å²) in [4.78, 5) is 22.2. The number of allylic oxidation sites excluding steroid dienone is 4. The van der Waals surface area contributed by atoms with Crippen molar-refractivity contribution in [2.45, 2.75) is 40.9 Å². The van der Waals surface area contributed by atoms with E-state index in [1.807, 2.05) is 176 Å². The number of rotatable bonds is 18. The molecule has 5 aromatic heterocycles. The number of aromatic nitrogens is 5. The molecule has 0 spiro atoms. The fourth-order valence-corrected chi connectivity index (χ4v) is 19.3. The summed E-state index contributed by atoms with van der Waals surface area (Å²) in [6.07, 6.45) is 16.0. The van der Waals surface area contributed by atoms with Gasteiger partial charge in [-0.05, 0) is 150 Å². The van der Waals surface area contributed by atoms with Crippen LogP contribution in [0.25, 0.3) is 55.1 Å². The van der Waals surface area contributed by atoms with E-state index in [1.165, 1.54) is 96.5 Å². The number of hydrogen-bond donors (Lipinski definition) is 3. The second-order valence-corrected chi connectivity index (χ2v) is 36.3. The van der Waals surface area contributed by atoms with Gasteiger partial charge in [0.05, 0.1) is 23.0 Å². The zero-order chi connectivity index (χ0) is 93.4. The molecule has 0 saturated carbocycles. The van der Waals surface area contributed by atoms with Crippen molar-refractivity contribution in [3.63, 3.8) is 0 Å². The van der Waals surface area contributed by atoms with Crippen LogP contribution >= 0.6 is 25.1 Å². The van der Waals surface area contributed by atoms with Crippen LogP contribution in [-0.4, -0.2) is 50.4 Å². The summed E-state index contributed by atoms with van der Waals surface area (Å²) < 4.78 is 13.6. The van der Waals surface area contributed by atoms with Crippen molar-refractivity contribution in [1.29, 1.82) is 5.41 Å². The number of aliphatic hydroxyl groups excluding tert-OH is 1. The topological polar surface area (TPSA) is 185 Å². The summed E-state index contributed by atoms with van der Waals surface area (Å²) in [5.41, 5.74) is 24.2. The van der Waals surface area contributed by atoms with Crippen LogP contribution in [0.15, 0.2) is 460 Å². The first kappa shape index (κ1) is 108. The molecule has 2 aliphatic rings. The van der Waals surface area contributed by atoms with E-state index in [4.69, 9.17) is 26.3 Å². The zero-order valence-electron chi connectivity index (χ0n) is 76.7. The number of aliphatic imine (C=N–C) groups is 1. The number of imidazole rings is 1. The van der Waals surface area contributed by atoms with Crippen LogP contribution in [0, 0.1) is 38.2 Å². The second-order valence-electron chi connectivity index (χ2n) is 31.2. The number of ketones is 1. The van der Waals surface area contributed by atoms with Crippen molar-refractivity contribution >= 4 is 137 Å². The largest absolute Gasteiger partial charge is 1.00 e. The third-order valence-corrected chi connectivity index (χ3v) is 26.6. The summed E-state index contributed by atoms with van der Waals surface area (Å²) in [6.45, 7) is 21.1. The number of benzene rings is 13. The number of fused-ring (bicyclic) bond motifs is 4. The summed E-state index contributed by atoms with van der Waals surface area (Å²) in [6, 6.07) is 136. The van der Waals surface area contributed by atoms with Crippen LogP contribution in [0.3, 0.4) is 0 Å². The minimum Gasteiger partial charge on any atom is -0.774 e. The Balaban J connectivity index is 0.000000182. The van der Waals surface area contributed by atoms with Crippen LogP contribution in [0.1, 0.15) is 61.2 Å². The number of para-hydroxylation sites is 8. The minimum atomic E-state index is -1.22. The summed E-state index contributed by atoms with van der Waals surface area (Å²) in [7, 11) is 2.24. The maximum atomic E-state index is 10.0. The smallest absolute Gasteiger partial charge is 0.774 e. The first-order chi connectivity index (χ1) is 65.6. The molecule has 0 fully saturated rings. The van der Waals surface area contributed by atoms with Gasteiger partial charge in [-0.3, -0.25) is 26.8 Å². The maximum absolute atomic E-state index is 10.0. The average Bonchev–Trinajstić information content (AvgIpc) is 1.55. The van der Waals surface area contributed by atoms with Crippen LogP contribution in [-0.2, 0) is 90.3 Å². The van der Waals surface area contributed by atoms with E-state index in [9.17, 15) is 4.79 Å². The van der Waals surface area contributed by atoms with Gasteiger partial charge < -0.3 is 46.9 Å². The van der Waals surface area contributed by atoms with Crippen LogP contribution < -0.4 is 56.6 Å². The van der Waals surface area contributed by atoms with Gasteiger partial charge in [0.2, 0.25) is 6.67 Å². The SMILES string of the molecule is CC(=O)/C=C(/C)O.N=C(N=C([NH-])c1ccccn1)c1ccccc1.[B]1/C=C\C=C/NC[n+]2ccccc21.[CH2-]c1ccccc1[N-]c1ccccc1PCC(C)C.[CH2-]c1ccccc1[N-]c1ccccc1[CH2-].[Cu+].[Cu].[Cu].[Pt].[c-]1ccccc1-c1ccccn1.c1cc2c3c(c1)ccn1c4ccccc4[n+](c31)C2.c1ccc(Pc2ccccc2Oc2ccccc2[PH+](c2ccccc2)c2ccccc2)cc1. The zero-order valence-corrected chi connectivity index (χ0v) is 84.8. The molecular formula is C116H106BCu3N11O3P3Pt-3. The number of nitrogens with zero attached hydrogens (tertiary/aromatic N) is 8. The number of nitrogens with one attached hydrogen (secondary N) is 3. The molecular weight excluding hydrogens is 2080 g/mol. The maximum Gasteiger partial charge on any atom is 1.00 e. The molecule has 0 amide bonds. The second kappa shape index (κ2) is 57.7. The first-order valence-corrected chi connectivity index (χ1v) is 47.8. The van der Waals surface area contributed by atoms with E-state index >= 15 is 0 Å². The van der Waals surface area contributed by atoms with Gasteiger partial charge in [-0.25, -0.2) is 42.0 Å². The number of amidine groups is 2. The number of pyridine rings is 4. The first-order valence-electron chi connectivity index (χ1n) is 44.1. The molecule has 20 rings (SSSR count). The van der Waals surface area contributed by atoms with Crippen LogP contribution in [0.5, 0.6) is 11.5 Å². The van der Waals surface area contributed by atoms with E-state index < -0.39 is 7.92 Å². The van der Waals surface area contributed by atoms with Gasteiger partial charge in [0.1, 0.15) is 41.7 Å². The van der Waals surface area contributed by atoms with E-state index in [0.29, 0.717) is 19.8 Å². The standard InChI is InChI=1S/C30H24OP2.C17H20NP.C16H11N2.C14H12N.C13H11N4.C11H8N.C10H11BN2.C5H8O2.3Cu.Pt/c1-4-14-24(15-5-1)32-29-22-12-10-20-27(29)31-28-21-11-13-23-30(28)33(25-16-6-2-7-17-25)26-18-8-3-9-19-26;1-13(2)12-19-17-11-7-6-10-16(17)18-15-9-5-4-8-14(15)3;1-2-7-14-13(6-1)17-9-8-11-4-3-5-12-10-18(14)16(17)15(11)12;1-11-7-3-5-9-13(11)15-14-10-6-4-8-12(14)2;14-12(10-6-2-1-3-7-10)17-13(15)11-8-4-5-9-16-11;1-2-6-10(7-3-1)11-8-4-5-9-12-11;1-4-8-13-9-12-7-3-2-6-11-10(13)5-1;1-4(6)3-5(2)7;;;;/h1-23,32H;4-11,13,19H,3,12H2,1-2H3;1-9H,10H2;3-10H,1-2H2;1-9H,(H2-,14,15,17);1-6,8-9H;1-8,12H,9H2;3,6H,1-2H3;;;;/q;-2;+1;-3;2*-1;+1;;;;+1;/p+1/b;;;;;;6-2-,7-3-;4-3-;;;;.